The van der Waals surface area contributed by atoms with Crippen LogP contribution in [0.5, 0.6) is 5.75 Å². The van der Waals surface area contributed by atoms with Gasteiger partial charge in [0.25, 0.3) is 5.91 Å². The first-order chi connectivity index (χ1) is 9.78. The molecule has 0 fully saturated rings. The van der Waals surface area contributed by atoms with Crippen molar-refractivity contribution in [2.45, 2.75) is 18.9 Å². The Hall–Kier alpha value is -2.29. The number of hydrogen-bond donors (Lipinski definition) is 1. The van der Waals surface area contributed by atoms with Gasteiger partial charge in [-0.1, -0.05) is 30.3 Å². The summed E-state index contributed by atoms with van der Waals surface area (Å²) in [6.45, 7) is 0. The smallest absolute Gasteiger partial charge is 0.251 e. The fraction of sp³-hybridized carbons (Fsp3) is 0.235. The number of benzene rings is 2. The number of amides is 1. The number of rotatable bonds is 3. The summed E-state index contributed by atoms with van der Waals surface area (Å²) in [7, 11) is 1.60. The van der Waals surface area contributed by atoms with Crippen LogP contribution in [-0.4, -0.2) is 13.0 Å². The topological polar surface area (TPSA) is 38.3 Å². The second kappa shape index (κ2) is 5.37. The van der Waals surface area contributed by atoms with E-state index in [4.69, 9.17) is 4.74 Å². The van der Waals surface area contributed by atoms with Crippen LogP contribution >= 0.6 is 0 Å². The van der Waals surface area contributed by atoms with Gasteiger partial charge in [0.1, 0.15) is 5.75 Å². The molecule has 20 heavy (non-hydrogen) atoms. The number of carbonyl (C=O) groups is 1. The van der Waals surface area contributed by atoms with Gasteiger partial charge in [0.05, 0.1) is 13.2 Å². The second-order valence-corrected chi connectivity index (χ2v) is 5.00. The van der Waals surface area contributed by atoms with Gasteiger partial charge in [0.15, 0.2) is 0 Å². The molecule has 0 saturated heterocycles. The molecule has 0 aromatic heterocycles. The third kappa shape index (κ3) is 2.39. The Bertz CT molecular complexity index is 636. The molecular formula is C17H17NO2. The van der Waals surface area contributed by atoms with Crippen molar-refractivity contribution in [1.29, 1.82) is 0 Å². The molecule has 2 aromatic rings. The van der Waals surface area contributed by atoms with E-state index >= 15 is 0 Å². The van der Waals surface area contributed by atoms with Crippen molar-refractivity contribution in [3.05, 3.63) is 65.2 Å². The lowest BCUT2D eigenvalue weighted by atomic mass is 10.1. The fourth-order valence-corrected chi connectivity index (χ4v) is 2.71. The van der Waals surface area contributed by atoms with E-state index in [0.717, 1.165) is 12.8 Å². The molecule has 0 aliphatic heterocycles. The van der Waals surface area contributed by atoms with Crippen LogP contribution in [0, 0.1) is 0 Å². The van der Waals surface area contributed by atoms with Crippen molar-refractivity contribution in [1.82, 2.24) is 5.32 Å². The molecular weight excluding hydrogens is 250 g/mol. The normalized spacial score (nSPS) is 16.6. The summed E-state index contributed by atoms with van der Waals surface area (Å²) in [6, 6.07) is 15.6. The zero-order valence-electron chi connectivity index (χ0n) is 11.4. The van der Waals surface area contributed by atoms with Gasteiger partial charge in [-0.3, -0.25) is 4.79 Å². The first kappa shape index (κ1) is 12.7. The number of nitrogens with one attached hydrogen (secondary N) is 1. The number of hydrogen-bond acceptors (Lipinski definition) is 2. The maximum atomic E-state index is 12.3. The molecule has 1 amide bonds. The molecule has 102 valence electrons. The summed E-state index contributed by atoms with van der Waals surface area (Å²) in [5, 5.41) is 3.11. The molecule has 1 aliphatic rings. The van der Waals surface area contributed by atoms with Crippen LogP contribution < -0.4 is 10.1 Å². The van der Waals surface area contributed by atoms with Gasteiger partial charge < -0.3 is 10.1 Å². The van der Waals surface area contributed by atoms with Gasteiger partial charge in [0, 0.05) is 5.56 Å². The standard InChI is InChI=1S/C17H17NO2/c1-20-14-7-4-6-13(11-14)17(19)18-16-10-9-12-5-2-3-8-15(12)16/h2-8,11,16H,9-10H2,1H3,(H,18,19)/t16-/m1/s1. The zero-order chi connectivity index (χ0) is 13.9. The number of aryl methyl sites for hydroxylation is 1. The fourth-order valence-electron chi connectivity index (χ4n) is 2.71. The van der Waals surface area contributed by atoms with Crippen LogP contribution in [-0.2, 0) is 6.42 Å². The summed E-state index contributed by atoms with van der Waals surface area (Å²) >= 11 is 0. The number of fused-ring (bicyclic) bond motifs is 1. The highest BCUT2D eigenvalue weighted by molar-refractivity contribution is 5.94. The molecule has 3 nitrogen and oxygen atoms in total. The Morgan fingerprint density at radius 2 is 2.05 bits per heavy atom. The monoisotopic (exact) mass is 267 g/mol. The van der Waals surface area contributed by atoms with Crippen LogP contribution in [0.2, 0.25) is 0 Å². The van der Waals surface area contributed by atoms with E-state index < -0.39 is 0 Å². The molecule has 0 bridgehead atoms. The molecule has 1 atom stereocenters. The summed E-state index contributed by atoms with van der Waals surface area (Å²) in [4.78, 5) is 12.3. The van der Waals surface area contributed by atoms with Crippen molar-refractivity contribution < 1.29 is 9.53 Å². The summed E-state index contributed by atoms with van der Waals surface area (Å²) < 4.78 is 5.15. The molecule has 3 heteroatoms. The molecule has 0 saturated carbocycles. The Balaban J connectivity index is 1.77. The molecule has 2 aromatic carbocycles. The number of ether oxygens (including phenoxy) is 1. The Kier molecular flexibility index (Phi) is 3.42. The summed E-state index contributed by atoms with van der Waals surface area (Å²) in [5.41, 5.74) is 3.21. The van der Waals surface area contributed by atoms with Crippen LogP contribution in [0.15, 0.2) is 48.5 Å². The van der Waals surface area contributed by atoms with Crippen LogP contribution in [0.4, 0.5) is 0 Å². The third-order valence-corrected chi connectivity index (χ3v) is 3.77. The lowest BCUT2D eigenvalue weighted by Gasteiger charge is -2.14. The van der Waals surface area contributed by atoms with Crippen LogP contribution in [0.25, 0.3) is 0 Å². The van der Waals surface area contributed by atoms with Crippen molar-refractivity contribution in [2.24, 2.45) is 0 Å². The minimum Gasteiger partial charge on any atom is -0.497 e. The zero-order valence-corrected chi connectivity index (χ0v) is 11.4. The van der Waals surface area contributed by atoms with Gasteiger partial charge in [0.2, 0.25) is 0 Å². The minimum atomic E-state index is -0.0504. The van der Waals surface area contributed by atoms with Gasteiger partial charge in [-0.2, -0.15) is 0 Å². The Labute approximate surface area is 118 Å². The highest BCUT2D eigenvalue weighted by Crippen LogP contribution is 2.30. The predicted octanol–water partition coefficient (Wildman–Crippen LogP) is 3.11. The van der Waals surface area contributed by atoms with Crippen LogP contribution in [0.1, 0.15) is 33.9 Å². The first-order valence-electron chi connectivity index (χ1n) is 6.80. The SMILES string of the molecule is COc1cccc(C(=O)N[C@@H]2CCc3ccccc32)c1. The van der Waals surface area contributed by atoms with Crippen molar-refractivity contribution in [3.8, 4) is 5.75 Å². The second-order valence-electron chi connectivity index (χ2n) is 5.00. The van der Waals surface area contributed by atoms with Gasteiger partial charge >= 0.3 is 0 Å². The van der Waals surface area contributed by atoms with Gasteiger partial charge in [-0.05, 0) is 42.2 Å². The minimum absolute atomic E-state index is 0.0504. The predicted molar refractivity (Wildman–Crippen MR) is 78.0 cm³/mol. The van der Waals surface area contributed by atoms with E-state index in [-0.39, 0.29) is 11.9 Å². The van der Waals surface area contributed by atoms with Gasteiger partial charge in [-0.15, -0.1) is 0 Å². The molecule has 0 spiro atoms. The van der Waals surface area contributed by atoms with E-state index in [9.17, 15) is 4.79 Å². The highest BCUT2D eigenvalue weighted by atomic mass is 16.5. The largest absolute Gasteiger partial charge is 0.497 e. The van der Waals surface area contributed by atoms with Crippen LogP contribution in [0.3, 0.4) is 0 Å². The van der Waals surface area contributed by atoms with Gasteiger partial charge in [-0.25, -0.2) is 0 Å². The number of methoxy groups -OCH3 is 1. The van der Waals surface area contributed by atoms with Crippen molar-refractivity contribution >= 4 is 5.91 Å². The highest BCUT2D eigenvalue weighted by Gasteiger charge is 2.23. The Morgan fingerprint density at radius 1 is 1.20 bits per heavy atom. The molecule has 0 heterocycles. The maximum absolute atomic E-state index is 12.3. The molecule has 1 N–H and O–H groups in total. The lowest BCUT2D eigenvalue weighted by Crippen LogP contribution is -2.27. The average Bonchev–Trinajstić information content (AvgIpc) is 2.90. The van der Waals surface area contributed by atoms with E-state index in [2.05, 4.69) is 17.4 Å². The maximum Gasteiger partial charge on any atom is 0.251 e. The summed E-state index contributed by atoms with van der Waals surface area (Å²) in [6.07, 6.45) is 1.99. The molecule has 3 rings (SSSR count). The van der Waals surface area contributed by atoms with Crippen molar-refractivity contribution in [3.63, 3.8) is 0 Å². The molecule has 0 unspecified atom stereocenters. The lowest BCUT2D eigenvalue weighted by molar-refractivity contribution is 0.0936. The number of carbonyl (C=O) groups excluding carboxylic acids is 1. The molecule has 1 aliphatic carbocycles. The summed E-state index contributed by atoms with van der Waals surface area (Å²) in [5.74, 6) is 0.648. The van der Waals surface area contributed by atoms with E-state index in [1.165, 1.54) is 11.1 Å². The quantitative estimate of drug-likeness (QED) is 0.928. The van der Waals surface area contributed by atoms with E-state index in [0.29, 0.717) is 11.3 Å². The Morgan fingerprint density at radius 3 is 2.90 bits per heavy atom. The average molecular weight is 267 g/mol. The third-order valence-electron chi connectivity index (χ3n) is 3.77. The van der Waals surface area contributed by atoms with E-state index in [1.54, 1.807) is 19.2 Å². The first-order valence-corrected chi connectivity index (χ1v) is 6.80. The van der Waals surface area contributed by atoms with E-state index in [1.807, 2.05) is 24.3 Å². The van der Waals surface area contributed by atoms with Crippen molar-refractivity contribution in [2.75, 3.05) is 7.11 Å². The molecule has 0 radical (unpaired) electrons.